The van der Waals surface area contributed by atoms with Gasteiger partial charge in [-0.1, -0.05) is 0 Å². The summed E-state index contributed by atoms with van der Waals surface area (Å²) < 4.78 is 39.5. The van der Waals surface area contributed by atoms with Crippen molar-refractivity contribution in [2.24, 2.45) is 17.3 Å². The Balaban J connectivity index is 0.000000534. The number of aromatic nitrogens is 1. The van der Waals surface area contributed by atoms with Gasteiger partial charge in [0.1, 0.15) is 17.0 Å². The highest BCUT2D eigenvalue weighted by Gasteiger charge is 2.16. The van der Waals surface area contributed by atoms with Crippen LogP contribution in [0.3, 0.4) is 0 Å². The molecule has 32 heavy (non-hydrogen) atoms. The van der Waals surface area contributed by atoms with E-state index in [1.54, 1.807) is 18.4 Å². The zero-order valence-electron chi connectivity index (χ0n) is 18.3. The van der Waals surface area contributed by atoms with Gasteiger partial charge in [-0.2, -0.15) is 0 Å². The Morgan fingerprint density at radius 2 is 1.81 bits per heavy atom. The number of methoxy groups -OCH3 is 1. The third-order valence-electron chi connectivity index (χ3n) is 4.44. The smallest absolute Gasteiger partial charge is 0.409 e. The van der Waals surface area contributed by atoms with Gasteiger partial charge in [0.15, 0.2) is 0 Å². The summed E-state index contributed by atoms with van der Waals surface area (Å²) in [4.78, 5) is 2.11. The van der Waals surface area contributed by atoms with E-state index >= 15 is 0 Å². The summed E-state index contributed by atoms with van der Waals surface area (Å²) in [5, 5.41) is 18.7. The summed E-state index contributed by atoms with van der Waals surface area (Å²) >= 11 is 1.59. The first-order chi connectivity index (χ1) is 15.2. The third-order valence-corrected chi connectivity index (χ3v) is 5.95. The van der Waals surface area contributed by atoms with Gasteiger partial charge in [-0.15, -0.1) is 0 Å². The van der Waals surface area contributed by atoms with Crippen LogP contribution < -0.4 is 14.2 Å². The Kier molecular flexibility index (Phi) is 9.47. The van der Waals surface area contributed by atoms with Crippen LogP contribution in [0.2, 0.25) is 0 Å². The number of aliphatic hydroxyl groups excluding tert-OH is 1. The Bertz CT molecular complexity index is 1150. The number of hydrogen-bond acceptors (Lipinski definition) is 10. The van der Waals surface area contributed by atoms with Crippen molar-refractivity contribution in [3.05, 3.63) is 42.5 Å². The topological polar surface area (TPSA) is 128 Å². The summed E-state index contributed by atoms with van der Waals surface area (Å²) in [7, 11) is 0.0365. The Labute approximate surface area is 191 Å². The average molecular weight is 483 g/mol. The summed E-state index contributed by atoms with van der Waals surface area (Å²) in [6, 6.07) is 13.9. The zero-order chi connectivity index (χ0) is 23.7. The maximum absolute atomic E-state index is 9.22. The number of aliphatic hydroxyl groups is 1. The fourth-order valence-corrected chi connectivity index (χ4v) is 3.70. The molecule has 174 valence electrons. The van der Waals surface area contributed by atoms with Gasteiger partial charge in [-0.3, -0.25) is 4.18 Å². The molecule has 0 aliphatic carbocycles. The number of benzene rings is 2. The molecule has 12 heteroatoms. The van der Waals surface area contributed by atoms with E-state index in [9.17, 15) is 13.0 Å². The molecule has 0 fully saturated rings. The van der Waals surface area contributed by atoms with Gasteiger partial charge in [0.25, 0.3) is 0 Å². The molecule has 0 atom stereocenters. The summed E-state index contributed by atoms with van der Waals surface area (Å²) in [5.41, 5.74) is 2.94. The molecule has 10 nitrogen and oxygen atoms in total. The van der Waals surface area contributed by atoms with Gasteiger partial charge in [0, 0.05) is 24.8 Å². The van der Waals surface area contributed by atoms with Crippen molar-refractivity contribution < 1.29 is 31.6 Å². The molecule has 0 saturated heterocycles. The zero-order valence-corrected chi connectivity index (χ0v) is 19.9. The lowest BCUT2D eigenvalue weighted by molar-refractivity contribution is -0.627. The molecule has 3 aromatic rings. The SMILES string of the molecule is CCN(CCO)c1ccc(N=Nc2sc3ccc(OC)cc3[n+]2C)cc1.COS(=O)(=O)[O-]. The predicted octanol–water partition coefficient (Wildman–Crippen LogP) is 3.06. The fourth-order valence-electron chi connectivity index (χ4n) is 2.75. The van der Waals surface area contributed by atoms with Crippen LogP contribution >= 0.6 is 11.3 Å². The maximum atomic E-state index is 9.22. The van der Waals surface area contributed by atoms with Crippen LogP contribution in [0.5, 0.6) is 5.75 Å². The summed E-state index contributed by atoms with van der Waals surface area (Å²) in [6.07, 6.45) is 0. The second-order valence-corrected chi connectivity index (χ2v) is 8.53. The molecule has 0 bridgehead atoms. The van der Waals surface area contributed by atoms with Crippen molar-refractivity contribution in [3.63, 3.8) is 0 Å². The first-order valence-corrected chi connectivity index (χ1v) is 11.7. The third kappa shape index (κ3) is 7.21. The average Bonchev–Trinajstić information content (AvgIpc) is 3.11. The monoisotopic (exact) mass is 482 g/mol. The van der Waals surface area contributed by atoms with Gasteiger partial charge in [0.2, 0.25) is 10.4 Å². The number of ether oxygens (including phenoxy) is 1. The lowest BCUT2D eigenvalue weighted by atomic mass is 10.2. The minimum atomic E-state index is -4.41. The molecule has 0 saturated carbocycles. The van der Waals surface area contributed by atoms with E-state index in [0.717, 1.165) is 46.1 Å². The molecule has 1 N–H and O–H groups in total. The predicted molar refractivity (Wildman–Crippen MR) is 122 cm³/mol. The van der Waals surface area contributed by atoms with E-state index in [-0.39, 0.29) is 6.61 Å². The summed E-state index contributed by atoms with van der Waals surface area (Å²) in [5.74, 6) is 0.827. The highest BCUT2D eigenvalue weighted by Crippen LogP contribution is 2.30. The molecule has 0 radical (unpaired) electrons. The highest BCUT2D eigenvalue weighted by atomic mass is 32.3. The number of thiazole rings is 1. The van der Waals surface area contributed by atoms with Crippen molar-refractivity contribution in [2.45, 2.75) is 6.92 Å². The van der Waals surface area contributed by atoms with E-state index in [0.29, 0.717) is 6.54 Å². The number of azo groups is 1. The van der Waals surface area contributed by atoms with Crippen molar-refractivity contribution in [1.29, 1.82) is 0 Å². The molecule has 1 heterocycles. The second-order valence-electron chi connectivity index (χ2n) is 6.37. The van der Waals surface area contributed by atoms with Crippen molar-refractivity contribution in [1.82, 2.24) is 0 Å². The van der Waals surface area contributed by atoms with E-state index in [4.69, 9.17) is 9.84 Å². The van der Waals surface area contributed by atoms with Crippen LogP contribution in [-0.4, -0.2) is 52.0 Å². The van der Waals surface area contributed by atoms with Crippen LogP contribution in [0, 0.1) is 0 Å². The number of anilines is 1. The molecular weight excluding hydrogens is 456 g/mol. The van der Waals surface area contributed by atoms with Gasteiger partial charge >= 0.3 is 5.13 Å². The van der Waals surface area contributed by atoms with Gasteiger partial charge in [-0.05, 0) is 59.8 Å². The van der Waals surface area contributed by atoms with Crippen molar-refractivity contribution in [3.8, 4) is 5.75 Å². The maximum Gasteiger partial charge on any atom is 0.409 e. The van der Waals surface area contributed by atoms with Gasteiger partial charge in [0.05, 0.1) is 37.7 Å². The molecule has 1 aromatic heterocycles. The Morgan fingerprint density at radius 3 is 2.34 bits per heavy atom. The van der Waals surface area contributed by atoms with Crippen LogP contribution in [0.15, 0.2) is 52.7 Å². The van der Waals surface area contributed by atoms with E-state index < -0.39 is 10.4 Å². The first kappa shape index (κ1) is 25.6. The molecular formula is C20H26N4O6S2. The van der Waals surface area contributed by atoms with E-state index in [2.05, 4.69) is 26.2 Å². The molecule has 3 rings (SSSR count). The van der Waals surface area contributed by atoms with Crippen LogP contribution in [0.25, 0.3) is 10.2 Å². The normalized spacial score (nSPS) is 11.4. The number of rotatable bonds is 8. The van der Waals surface area contributed by atoms with Gasteiger partial charge in [-0.25, -0.2) is 13.0 Å². The number of nitrogens with zero attached hydrogens (tertiary/aromatic N) is 4. The van der Waals surface area contributed by atoms with Crippen molar-refractivity contribution >= 4 is 48.5 Å². The lowest BCUT2D eigenvalue weighted by Gasteiger charge is -2.21. The fraction of sp³-hybridized carbons (Fsp3) is 0.350. The highest BCUT2D eigenvalue weighted by molar-refractivity contribution is 7.80. The molecule has 0 amide bonds. The minimum Gasteiger partial charge on any atom is -0.726 e. The molecule has 0 aliphatic rings. The molecule has 0 spiro atoms. The Morgan fingerprint density at radius 1 is 1.16 bits per heavy atom. The van der Waals surface area contributed by atoms with Crippen molar-refractivity contribution in [2.75, 3.05) is 38.8 Å². The van der Waals surface area contributed by atoms with E-state index in [1.165, 1.54) is 0 Å². The molecule has 0 unspecified atom stereocenters. The molecule has 2 aromatic carbocycles. The minimum absolute atomic E-state index is 0.141. The quantitative estimate of drug-likeness (QED) is 0.226. The van der Waals surface area contributed by atoms with Crippen LogP contribution in [0.4, 0.5) is 16.5 Å². The number of hydrogen-bond donors (Lipinski definition) is 1. The number of aryl methyl sites for hydroxylation is 1. The standard InChI is InChI=1S/C19H23N4O2S.CH4O4S/c1-4-23(11-12-24)15-7-5-14(6-8-15)20-21-19-22(2)17-13-16(25-3)9-10-18(17)26-19;1-5-6(2,3)4/h5-10,13,24H,4,11-12H2,1-3H3;1H3,(H,2,3,4)/q+1;/p-1. The number of fused-ring (bicyclic) bond motifs is 1. The second kappa shape index (κ2) is 11.8. The number of likely N-dealkylation sites (N-methyl/N-ethyl adjacent to an activating group) is 1. The molecule has 0 aliphatic heterocycles. The lowest BCUT2D eigenvalue weighted by Crippen LogP contribution is -2.25. The van der Waals surface area contributed by atoms with E-state index in [1.807, 2.05) is 54.1 Å². The summed E-state index contributed by atoms with van der Waals surface area (Å²) in [6.45, 7) is 3.68. The van der Waals surface area contributed by atoms with Crippen LogP contribution in [-0.2, 0) is 21.6 Å². The van der Waals surface area contributed by atoms with Crippen LogP contribution in [0.1, 0.15) is 6.92 Å². The Hall–Kier alpha value is -2.64. The van der Waals surface area contributed by atoms with Gasteiger partial charge < -0.3 is 19.3 Å². The largest absolute Gasteiger partial charge is 0.726 e. The first-order valence-electron chi connectivity index (χ1n) is 9.58.